The van der Waals surface area contributed by atoms with Crippen molar-refractivity contribution in [3.63, 3.8) is 0 Å². The van der Waals surface area contributed by atoms with E-state index in [0.717, 1.165) is 57.8 Å². The fourth-order valence-corrected chi connectivity index (χ4v) is 11.7. The first-order valence-corrected chi connectivity index (χ1v) is 37.2. The third kappa shape index (κ3) is 68.8. The molecule has 0 fully saturated rings. The quantitative estimate of drug-likeness (QED) is 0.0261. The Bertz CT molecular complexity index is 1260. The maximum atomic E-state index is 12.9. The smallest absolute Gasteiger partial charge is 0.306 e. The molecular weight excluding hydrogens is 997 g/mol. The monoisotopic (exact) mass is 1140 g/mol. The second kappa shape index (κ2) is 70.6. The van der Waals surface area contributed by atoms with Gasteiger partial charge in [-0.1, -0.05) is 380 Å². The van der Waals surface area contributed by atoms with Gasteiger partial charge in [-0.15, -0.1) is 0 Å². The van der Waals surface area contributed by atoms with E-state index in [2.05, 4.69) is 32.9 Å². The van der Waals surface area contributed by atoms with Crippen LogP contribution in [0.1, 0.15) is 432 Å². The van der Waals surface area contributed by atoms with Crippen molar-refractivity contribution in [2.75, 3.05) is 13.2 Å². The summed E-state index contributed by atoms with van der Waals surface area (Å²) in [5.41, 5.74) is 0. The lowest BCUT2D eigenvalue weighted by atomic mass is 10.0. The number of unbranched alkanes of at least 4 members (excludes halogenated alkanes) is 57. The minimum atomic E-state index is -0.766. The van der Waals surface area contributed by atoms with Crippen LogP contribution in [0.4, 0.5) is 0 Å². The maximum absolute atomic E-state index is 12.9. The lowest BCUT2D eigenvalue weighted by Gasteiger charge is -2.18. The zero-order chi connectivity index (χ0) is 58.5. The number of allylic oxidation sites excluding steroid dienone is 2. The van der Waals surface area contributed by atoms with Gasteiger partial charge in [-0.25, -0.2) is 0 Å². The van der Waals surface area contributed by atoms with E-state index < -0.39 is 6.10 Å². The van der Waals surface area contributed by atoms with Gasteiger partial charge < -0.3 is 14.2 Å². The third-order valence-electron chi connectivity index (χ3n) is 17.3. The van der Waals surface area contributed by atoms with Gasteiger partial charge in [0.1, 0.15) is 13.2 Å². The first-order valence-electron chi connectivity index (χ1n) is 37.2. The van der Waals surface area contributed by atoms with Gasteiger partial charge in [-0.3, -0.25) is 14.4 Å². The van der Waals surface area contributed by atoms with Crippen molar-refractivity contribution in [1.82, 2.24) is 0 Å². The van der Waals surface area contributed by atoms with Crippen molar-refractivity contribution in [3.05, 3.63) is 12.2 Å². The molecule has 0 spiro atoms. The highest BCUT2D eigenvalue weighted by Crippen LogP contribution is 2.19. The molecule has 1 unspecified atom stereocenters. The highest BCUT2D eigenvalue weighted by Gasteiger charge is 2.20. The maximum Gasteiger partial charge on any atom is 0.306 e. The van der Waals surface area contributed by atoms with E-state index >= 15 is 0 Å². The minimum absolute atomic E-state index is 0.0635. The van der Waals surface area contributed by atoms with Crippen molar-refractivity contribution in [3.8, 4) is 0 Å². The average Bonchev–Trinajstić information content (AvgIpc) is 3.47. The number of hydrogen-bond donors (Lipinski definition) is 0. The van der Waals surface area contributed by atoms with Crippen molar-refractivity contribution < 1.29 is 28.6 Å². The van der Waals surface area contributed by atoms with Gasteiger partial charge in [0, 0.05) is 19.3 Å². The molecule has 0 aliphatic carbocycles. The Hall–Kier alpha value is -1.85. The van der Waals surface area contributed by atoms with Crippen LogP contribution >= 0.6 is 0 Å². The van der Waals surface area contributed by atoms with E-state index in [4.69, 9.17) is 14.2 Å². The molecule has 0 saturated carbocycles. The van der Waals surface area contributed by atoms with Crippen LogP contribution in [-0.2, 0) is 28.6 Å². The highest BCUT2D eigenvalue weighted by molar-refractivity contribution is 5.71. The summed E-state index contributed by atoms with van der Waals surface area (Å²) in [6.45, 7) is 6.71. The zero-order valence-corrected chi connectivity index (χ0v) is 55.4. The van der Waals surface area contributed by atoms with E-state index in [1.165, 1.54) is 334 Å². The molecule has 6 nitrogen and oxygen atoms in total. The molecule has 0 aliphatic heterocycles. The van der Waals surface area contributed by atoms with E-state index in [1.54, 1.807) is 0 Å². The molecule has 0 saturated heterocycles. The fourth-order valence-electron chi connectivity index (χ4n) is 11.7. The Balaban J connectivity index is 4.03. The molecule has 0 heterocycles. The summed E-state index contributed by atoms with van der Waals surface area (Å²) in [5.74, 6) is -0.834. The SMILES string of the molecule is CCCCCCCCCC/C=C\CCCCCCCCCCCCCC(=O)OC(COC(=O)CCCCCCCCCCC)COC(=O)CCCCCCCCCCCCCCCCCCCCCCCCCCCCCCCCC. The summed E-state index contributed by atoms with van der Waals surface area (Å²) in [5, 5.41) is 0. The first-order chi connectivity index (χ1) is 40.0. The zero-order valence-electron chi connectivity index (χ0n) is 55.4. The molecule has 81 heavy (non-hydrogen) atoms. The molecule has 0 aromatic rings. The highest BCUT2D eigenvalue weighted by atomic mass is 16.6. The largest absolute Gasteiger partial charge is 0.462 e. The number of esters is 3. The molecule has 480 valence electrons. The molecule has 0 aliphatic rings. The predicted molar refractivity (Wildman–Crippen MR) is 353 cm³/mol. The number of ether oxygens (including phenoxy) is 3. The van der Waals surface area contributed by atoms with Crippen LogP contribution in [0.25, 0.3) is 0 Å². The molecule has 0 amide bonds. The molecule has 0 bridgehead atoms. The van der Waals surface area contributed by atoms with Gasteiger partial charge in [-0.2, -0.15) is 0 Å². The van der Waals surface area contributed by atoms with E-state index in [0.29, 0.717) is 19.3 Å². The average molecular weight is 1140 g/mol. The normalized spacial score (nSPS) is 12.0. The van der Waals surface area contributed by atoms with Gasteiger partial charge in [0.15, 0.2) is 6.10 Å². The topological polar surface area (TPSA) is 78.9 Å². The lowest BCUT2D eigenvalue weighted by molar-refractivity contribution is -0.167. The molecule has 0 N–H and O–H groups in total. The molecule has 6 heteroatoms. The van der Waals surface area contributed by atoms with Crippen LogP contribution in [0.5, 0.6) is 0 Å². The van der Waals surface area contributed by atoms with E-state index in [-0.39, 0.29) is 31.1 Å². The van der Waals surface area contributed by atoms with Gasteiger partial charge in [0.25, 0.3) is 0 Å². The summed E-state index contributed by atoms with van der Waals surface area (Å²) >= 11 is 0. The third-order valence-corrected chi connectivity index (χ3v) is 17.3. The summed E-state index contributed by atoms with van der Waals surface area (Å²) in [6.07, 6.45) is 85.7. The Morgan fingerprint density at radius 1 is 0.235 bits per heavy atom. The molecule has 0 aromatic heterocycles. The Morgan fingerprint density at radius 3 is 0.617 bits per heavy atom. The van der Waals surface area contributed by atoms with Crippen LogP contribution in [0, 0.1) is 0 Å². The Morgan fingerprint density at radius 2 is 0.407 bits per heavy atom. The van der Waals surface area contributed by atoms with E-state index in [9.17, 15) is 14.4 Å². The Kier molecular flexibility index (Phi) is 69.0. The first kappa shape index (κ1) is 79.2. The second-order valence-corrected chi connectivity index (χ2v) is 25.6. The van der Waals surface area contributed by atoms with Crippen molar-refractivity contribution in [2.45, 2.75) is 438 Å². The van der Waals surface area contributed by atoms with Gasteiger partial charge in [0.05, 0.1) is 0 Å². The molecule has 1 atom stereocenters. The molecule has 0 aromatic carbocycles. The number of rotatable bonds is 70. The van der Waals surface area contributed by atoms with Gasteiger partial charge >= 0.3 is 17.9 Å². The van der Waals surface area contributed by atoms with Crippen LogP contribution < -0.4 is 0 Å². The molecule has 0 rings (SSSR count). The van der Waals surface area contributed by atoms with Crippen molar-refractivity contribution >= 4 is 17.9 Å². The fraction of sp³-hybridized carbons (Fsp3) is 0.933. The Labute approximate surface area is 507 Å². The summed E-state index contributed by atoms with van der Waals surface area (Å²) in [7, 11) is 0. The van der Waals surface area contributed by atoms with Crippen LogP contribution in [0.15, 0.2) is 12.2 Å². The number of carbonyl (C=O) groups is 3. The van der Waals surface area contributed by atoms with E-state index in [1.807, 2.05) is 0 Å². The standard InChI is InChI=1S/C75H144O6/c1-4-7-10-13-16-19-21-23-25-27-29-31-33-34-35-36-37-38-39-40-42-43-45-47-49-51-53-56-59-62-65-68-74(77)80-71-72(70-79-73(76)67-64-61-58-55-18-15-12-9-6-3)81-75(78)69-66-63-60-57-54-52-50-48-46-44-41-32-30-28-26-24-22-20-17-14-11-8-5-2/h28,30,72H,4-27,29,31-71H2,1-3H3/b30-28-. The number of hydrogen-bond acceptors (Lipinski definition) is 6. The minimum Gasteiger partial charge on any atom is -0.462 e. The lowest BCUT2D eigenvalue weighted by Crippen LogP contribution is -2.30. The summed E-state index contributed by atoms with van der Waals surface area (Å²) < 4.78 is 17.0. The van der Waals surface area contributed by atoms with Gasteiger partial charge in [0.2, 0.25) is 0 Å². The summed E-state index contributed by atoms with van der Waals surface area (Å²) in [4.78, 5) is 38.3. The van der Waals surface area contributed by atoms with Crippen LogP contribution in [0.2, 0.25) is 0 Å². The van der Waals surface area contributed by atoms with Gasteiger partial charge in [-0.05, 0) is 44.9 Å². The van der Waals surface area contributed by atoms with Crippen molar-refractivity contribution in [1.29, 1.82) is 0 Å². The number of carbonyl (C=O) groups excluding carboxylic acids is 3. The predicted octanol–water partition coefficient (Wildman–Crippen LogP) is 25.6. The van der Waals surface area contributed by atoms with Crippen LogP contribution in [0.3, 0.4) is 0 Å². The second-order valence-electron chi connectivity index (χ2n) is 25.6. The van der Waals surface area contributed by atoms with Crippen molar-refractivity contribution in [2.24, 2.45) is 0 Å². The summed E-state index contributed by atoms with van der Waals surface area (Å²) in [6, 6.07) is 0. The molecule has 0 radical (unpaired) electrons. The molecular formula is C75H144O6. The van der Waals surface area contributed by atoms with Crippen LogP contribution in [-0.4, -0.2) is 37.2 Å².